The molecule has 4 nitrogen and oxygen atoms in total. The number of anilines is 1. The van der Waals surface area contributed by atoms with Crippen molar-refractivity contribution in [1.29, 1.82) is 0 Å². The first-order valence-corrected chi connectivity index (χ1v) is 7.95. The van der Waals surface area contributed by atoms with Gasteiger partial charge in [0, 0.05) is 5.02 Å². The van der Waals surface area contributed by atoms with Gasteiger partial charge in [-0.25, -0.2) is 0 Å². The summed E-state index contributed by atoms with van der Waals surface area (Å²) in [7, 11) is 0. The van der Waals surface area contributed by atoms with Gasteiger partial charge in [0.15, 0.2) is 0 Å². The molecule has 0 bridgehead atoms. The molecule has 0 unspecified atom stereocenters. The van der Waals surface area contributed by atoms with Crippen LogP contribution in [-0.4, -0.2) is 23.8 Å². The van der Waals surface area contributed by atoms with Gasteiger partial charge in [0.1, 0.15) is 11.5 Å². The molecule has 2 aromatic rings. The van der Waals surface area contributed by atoms with E-state index in [2.05, 4.69) is 5.32 Å². The fourth-order valence-corrected chi connectivity index (χ4v) is 2.26. The van der Waals surface area contributed by atoms with E-state index in [1.54, 1.807) is 0 Å². The summed E-state index contributed by atoms with van der Waals surface area (Å²) in [6.07, 6.45) is -10.6. The van der Waals surface area contributed by atoms with E-state index < -0.39 is 54.0 Å². The van der Waals surface area contributed by atoms with E-state index in [9.17, 15) is 36.2 Å². The summed E-state index contributed by atoms with van der Waals surface area (Å²) in [5.74, 6) is -1.92. The summed E-state index contributed by atoms with van der Waals surface area (Å²) in [6, 6.07) is 5.38. The lowest BCUT2D eigenvalue weighted by atomic mass is 10.1. The minimum absolute atomic E-state index is 0.0774. The Hall–Kier alpha value is -2.62. The smallest absolute Gasteiger partial charge is 0.416 e. The highest BCUT2D eigenvalue weighted by Gasteiger charge is 2.32. The zero-order valence-electron chi connectivity index (χ0n) is 13.8. The highest BCUT2D eigenvalue weighted by Crippen LogP contribution is 2.36. The Morgan fingerprint density at radius 1 is 1.07 bits per heavy atom. The topological polar surface area (TPSA) is 58.6 Å². The maximum absolute atomic E-state index is 12.9. The number of hydrogen-bond acceptors (Lipinski definition) is 3. The lowest BCUT2D eigenvalue weighted by molar-refractivity contribution is -0.139. The predicted octanol–water partition coefficient (Wildman–Crippen LogP) is 5.65. The van der Waals surface area contributed by atoms with E-state index in [0.29, 0.717) is 12.1 Å². The van der Waals surface area contributed by atoms with Gasteiger partial charge in [0.2, 0.25) is 0 Å². The maximum atomic E-state index is 12.9. The second kappa shape index (κ2) is 8.17. The van der Waals surface area contributed by atoms with Crippen LogP contribution in [0.25, 0.3) is 0 Å². The van der Waals surface area contributed by atoms with Gasteiger partial charge < -0.3 is 15.2 Å². The molecule has 2 N–H and O–H groups in total. The quantitative estimate of drug-likeness (QED) is 0.606. The lowest BCUT2D eigenvalue weighted by Crippen LogP contribution is -2.16. The molecule has 11 heteroatoms. The van der Waals surface area contributed by atoms with E-state index in [1.807, 2.05) is 0 Å². The number of hydrogen-bond donors (Lipinski definition) is 2. The number of rotatable bonds is 5. The van der Waals surface area contributed by atoms with Gasteiger partial charge in [-0.15, -0.1) is 0 Å². The Kier molecular flexibility index (Phi) is 6.33. The number of carbonyl (C=O) groups excluding carboxylic acids is 1. The number of carbonyl (C=O) groups is 1. The van der Waals surface area contributed by atoms with Crippen molar-refractivity contribution in [2.75, 3.05) is 11.9 Å². The number of halogens is 7. The number of phenols is 1. The summed E-state index contributed by atoms with van der Waals surface area (Å²) in [4.78, 5) is 12.3. The van der Waals surface area contributed by atoms with E-state index in [1.165, 1.54) is 6.07 Å². The van der Waals surface area contributed by atoms with Crippen LogP contribution in [0.1, 0.15) is 22.3 Å². The zero-order chi connectivity index (χ0) is 21.1. The molecule has 28 heavy (non-hydrogen) atoms. The molecule has 1 amide bonds. The third-order valence-electron chi connectivity index (χ3n) is 3.40. The minimum Gasteiger partial charge on any atom is -0.507 e. The summed E-state index contributed by atoms with van der Waals surface area (Å²) < 4.78 is 80.4. The molecule has 2 aromatic carbocycles. The second-order valence-corrected chi connectivity index (χ2v) is 5.97. The summed E-state index contributed by atoms with van der Waals surface area (Å²) >= 11 is 5.72. The van der Waals surface area contributed by atoms with Crippen LogP contribution in [0.2, 0.25) is 5.02 Å². The number of aromatic hydroxyl groups is 1. The first kappa shape index (κ1) is 21.7. The van der Waals surface area contributed by atoms with Crippen molar-refractivity contribution >= 4 is 23.2 Å². The Morgan fingerprint density at radius 2 is 1.75 bits per heavy atom. The summed E-state index contributed by atoms with van der Waals surface area (Å²) in [5.41, 5.74) is -2.01. The molecule has 0 aliphatic carbocycles. The van der Waals surface area contributed by atoms with Crippen LogP contribution in [0.5, 0.6) is 11.5 Å². The molecular formula is C17H12ClF6NO3. The fourth-order valence-electron chi connectivity index (χ4n) is 2.09. The van der Waals surface area contributed by atoms with Crippen LogP contribution in [0.15, 0.2) is 36.4 Å². The van der Waals surface area contributed by atoms with E-state index in [4.69, 9.17) is 16.3 Å². The van der Waals surface area contributed by atoms with Gasteiger partial charge in [0.05, 0.1) is 29.8 Å². The lowest BCUT2D eigenvalue weighted by Gasteiger charge is -2.16. The molecule has 152 valence electrons. The average molecular weight is 428 g/mol. The van der Waals surface area contributed by atoms with Crippen LogP contribution in [-0.2, 0) is 6.18 Å². The van der Waals surface area contributed by atoms with Gasteiger partial charge in [-0.1, -0.05) is 11.6 Å². The third-order valence-corrected chi connectivity index (χ3v) is 3.64. The predicted molar refractivity (Wildman–Crippen MR) is 88.7 cm³/mol. The number of alkyl halides is 6. The normalized spacial score (nSPS) is 12.0. The molecule has 0 heterocycles. The van der Waals surface area contributed by atoms with Crippen molar-refractivity contribution < 1.29 is 41.0 Å². The van der Waals surface area contributed by atoms with Gasteiger partial charge >= 0.3 is 12.4 Å². The highest BCUT2D eigenvalue weighted by atomic mass is 35.5. The molecule has 0 aliphatic heterocycles. The van der Waals surface area contributed by atoms with Crippen LogP contribution in [0, 0.1) is 0 Å². The van der Waals surface area contributed by atoms with Crippen LogP contribution < -0.4 is 10.1 Å². The second-order valence-electron chi connectivity index (χ2n) is 5.54. The van der Waals surface area contributed by atoms with Gasteiger partial charge in [-0.3, -0.25) is 4.79 Å². The molecule has 0 aliphatic rings. The number of nitrogens with one attached hydrogen (secondary N) is 1. The standard InChI is InChI=1S/C17H12ClF6NO3/c18-10-2-3-13(26)11(8-10)15(27)25-12-7-9(17(22,23)24)1-4-14(12)28-6-5-16(19,20)21/h1-4,7-8,26H,5-6H2,(H,25,27). The molecule has 0 radical (unpaired) electrons. The number of phenolic OH excluding ortho intramolecular Hbond substituents is 1. The largest absolute Gasteiger partial charge is 0.507 e. The van der Waals surface area contributed by atoms with Crippen molar-refractivity contribution in [3.05, 3.63) is 52.5 Å². The van der Waals surface area contributed by atoms with Gasteiger partial charge in [-0.2, -0.15) is 26.3 Å². The zero-order valence-corrected chi connectivity index (χ0v) is 14.5. The molecule has 0 atom stereocenters. The van der Waals surface area contributed by atoms with Crippen molar-refractivity contribution in [2.45, 2.75) is 18.8 Å². The first-order chi connectivity index (χ1) is 12.9. The third kappa shape index (κ3) is 5.95. The summed E-state index contributed by atoms with van der Waals surface area (Å²) in [6.45, 7) is -0.861. The Morgan fingerprint density at radius 3 is 2.36 bits per heavy atom. The average Bonchev–Trinajstić information content (AvgIpc) is 2.56. The molecular weight excluding hydrogens is 416 g/mol. The summed E-state index contributed by atoms with van der Waals surface area (Å²) in [5, 5.41) is 11.9. The number of amides is 1. The molecule has 0 saturated heterocycles. The Labute approximate surface area is 159 Å². The number of benzene rings is 2. The van der Waals surface area contributed by atoms with Gasteiger partial charge in [-0.05, 0) is 36.4 Å². The fraction of sp³-hybridized carbons (Fsp3) is 0.235. The first-order valence-electron chi connectivity index (χ1n) is 7.57. The van der Waals surface area contributed by atoms with Crippen molar-refractivity contribution in [2.24, 2.45) is 0 Å². The van der Waals surface area contributed by atoms with E-state index in [0.717, 1.165) is 18.2 Å². The maximum Gasteiger partial charge on any atom is 0.416 e. The van der Waals surface area contributed by atoms with Gasteiger partial charge in [0.25, 0.3) is 5.91 Å². The molecule has 0 spiro atoms. The molecule has 0 fully saturated rings. The van der Waals surface area contributed by atoms with E-state index in [-0.39, 0.29) is 10.6 Å². The number of ether oxygens (including phenoxy) is 1. The Bertz CT molecular complexity index is 867. The van der Waals surface area contributed by atoms with Crippen molar-refractivity contribution in [1.82, 2.24) is 0 Å². The Balaban J connectivity index is 2.32. The monoisotopic (exact) mass is 427 g/mol. The van der Waals surface area contributed by atoms with Crippen molar-refractivity contribution in [3.63, 3.8) is 0 Å². The van der Waals surface area contributed by atoms with Crippen LogP contribution >= 0.6 is 11.6 Å². The van der Waals surface area contributed by atoms with Crippen LogP contribution in [0.3, 0.4) is 0 Å². The molecule has 0 saturated carbocycles. The SMILES string of the molecule is O=C(Nc1cc(C(F)(F)F)ccc1OCCC(F)(F)F)c1cc(Cl)ccc1O. The highest BCUT2D eigenvalue weighted by molar-refractivity contribution is 6.31. The van der Waals surface area contributed by atoms with E-state index >= 15 is 0 Å². The molecule has 2 rings (SSSR count). The minimum atomic E-state index is -4.76. The van der Waals surface area contributed by atoms with Crippen molar-refractivity contribution in [3.8, 4) is 11.5 Å². The molecule has 0 aromatic heterocycles. The van der Waals surface area contributed by atoms with Crippen LogP contribution in [0.4, 0.5) is 32.0 Å².